The van der Waals surface area contributed by atoms with Gasteiger partial charge >= 0.3 is 0 Å². The lowest BCUT2D eigenvalue weighted by Gasteiger charge is -2.02. The fourth-order valence-electron chi connectivity index (χ4n) is 1.47. The number of hydrogen-bond acceptors (Lipinski definition) is 2. The topological polar surface area (TPSA) is 17.1 Å². The maximum absolute atomic E-state index is 11.9. The summed E-state index contributed by atoms with van der Waals surface area (Å²) in [6.07, 6.45) is 1.48. The molecule has 0 saturated heterocycles. The number of rotatable bonds is 4. The molecule has 5 heteroatoms. The van der Waals surface area contributed by atoms with Crippen LogP contribution in [0.3, 0.4) is 0 Å². The van der Waals surface area contributed by atoms with Crippen LogP contribution in [-0.2, 0) is 0 Å². The van der Waals surface area contributed by atoms with Crippen LogP contribution in [0.1, 0.15) is 10.4 Å². The number of halogens is 3. The Morgan fingerprint density at radius 3 is 2.15 bits per heavy atom. The van der Waals surface area contributed by atoms with Crippen molar-refractivity contribution in [3.05, 3.63) is 74.6 Å². The second kappa shape index (κ2) is 7.19. The number of thioether (sulfide) groups is 1. The van der Waals surface area contributed by atoms with Crippen LogP contribution in [0.25, 0.3) is 0 Å². The maximum Gasteiger partial charge on any atom is 0.186 e. The summed E-state index contributed by atoms with van der Waals surface area (Å²) < 4.78 is 0. The van der Waals surface area contributed by atoms with E-state index in [9.17, 15) is 4.79 Å². The lowest BCUT2D eigenvalue weighted by molar-refractivity contribution is 0.104. The van der Waals surface area contributed by atoms with Crippen molar-refractivity contribution in [2.45, 2.75) is 4.90 Å². The number of carbonyl (C=O) groups is 1. The van der Waals surface area contributed by atoms with Crippen LogP contribution in [0.2, 0.25) is 15.1 Å². The van der Waals surface area contributed by atoms with Crippen molar-refractivity contribution in [2.24, 2.45) is 0 Å². The Kier molecular flexibility index (Phi) is 5.55. The minimum Gasteiger partial charge on any atom is -0.289 e. The van der Waals surface area contributed by atoms with E-state index in [-0.39, 0.29) is 5.78 Å². The van der Waals surface area contributed by atoms with Crippen LogP contribution in [0.4, 0.5) is 0 Å². The number of ketones is 1. The van der Waals surface area contributed by atoms with Gasteiger partial charge in [0.25, 0.3) is 0 Å². The van der Waals surface area contributed by atoms with Gasteiger partial charge in [-0.25, -0.2) is 0 Å². The molecule has 0 radical (unpaired) electrons. The van der Waals surface area contributed by atoms with Gasteiger partial charge < -0.3 is 0 Å². The molecule has 0 fully saturated rings. The first-order valence-corrected chi connectivity index (χ1v) is 7.66. The second-order valence-electron chi connectivity index (χ2n) is 3.84. The number of benzene rings is 2. The largest absolute Gasteiger partial charge is 0.289 e. The molecule has 0 unspecified atom stereocenters. The average Bonchev–Trinajstić information content (AvgIpc) is 2.42. The van der Waals surface area contributed by atoms with E-state index >= 15 is 0 Å². The molecule has 0 bridgehead atoms. The van der Waals surface area contributed by atoms with Crippen molar-refractivity contribution in [2.75, 3.05) is 0 Å². The molecule has 102 valence electrons. The molecule has 0 N–H and O–H groups in total. The van der Waals surface area contributed by atoms with Gasteiger partial charge in [0.15, 0.2) is 5.78 Å². The summed E-state index contributed by atoms with van der Waals surface area (Å²) in [6.45, 7) is 0. The minimum absolute atomic E-state index is 0.0997. The Labute approximate surface area is 136 Å². The molecular formula is C15H9Cl3OS. The zero-order valence-corrected chi connectivity index (χ0v) is 13.2. The Morgan fingerprint density at radius 2 is 1.55 bits per heavy atom. The van der Waals surface area contributed by atoms with Crippen LogP contribution in [-0.4, -0.2) is 5.78 Å². The van der Waals surface area contributed by atoms with E-state index in [4.69, 9.17) is 34.8 Å². The monoisotopic (exact) mass is 342 g/mol. The first-order chi connectivity index (χ1) is 9.58. The molecule has 0 atom stereocenters. The Bertz CT molecular complexity index is 630. The highest BCUT2D eigenvalue weighted by molar-refractivity contribution is 8.02. The van der Waals surface area contributed by atoms with Gasteiger partial charge in [-0.15, -0.1) is 0 Å². The zero-order chi connectivity index (χ0) is 14.5. The summed E-state index contributed by atoms with van der Waals surface area (Å²) in [7, 11) is 0. The molecule has 20 heavy (non-hydrogen) atoms. The predicted molar refractivity (Wildman–Crippen MR) is 87.2 cm³/mol. The van der Waals surface area contributed by atoms with Crippen molar-refractivity contribution in [3.63, 3.8) is 0 Å². The Balaban J connectivity index is 2.07. The summed E-state index contributed by atoms with van der Waals surface area (Å²) >= 11 is 19.2. The number of carbonyl (C=O) groups excluding carboxylic acids is 1. The molecule has 0 aliphatic heterocycles. The van der Waals surface area contributed by atoms with Crippen LogP contribution in [0.15, 0.2) is 58.8 Å². The molecule has 0 amide bonds. The molecule has 0 aromatic heterocycles. The quantitative estimate of drug-likeness (QED) is 0.377. The highest BCUT2D eigenvalue weighted by Crippen LogP contribution is 2.34. The van der Waals surface area contributed by atoms with Crippen LogP contribution >= 0.6 is 46.6 Å². The maximum atomic E-state index is 11.9. The molecule has 0 spiro atoms. The van der Waals surface area contributed by atoms with Crippen LogP contribution < -0.4 is 0 Å². The van der Waals surface area contributed by atoms with E-state index in [0.717, 1.165) is 4.90 Å². The van der Waals surface area contributed by atoms with E-state index in [1.807, 2.05) is 0 Å². The molecule has 1 nitrogen and oxygen atoms in total. The highest BCUT2D eigenvalue weighted by atomic mass is 35.5. The normalized spacial score (nSPS) is 10.9. The van der Waals surface area contributed by atoms with Gasteiger partial charge in [0.05, 0.1) is 10.0 Å². The number of hydrogen-bond donors (Lipinski definition) is 0. The lowest BCUT2D eigenvalue weighted by Crippen LogP contribution is -1.92. The van der Waals surface area contributed by atoms with E-state index in [1.165, 1.54) is 17.8 Å². The van der Waals surface area contributed by atoms with Gasteiger partial charge in [0, 0.05) is 15.5 Å². The predicted octanol–water partition coefficient (Wildman–Crippen LogP) is 6.14. The van der Waals surface area contributed by atoms with E-state index in [1.54, 1.807) is 47.9 Å². The third kappa shape index (κ3) is 4.03. The van der Waals surface area contributed by atoms with E-state index in [0.29, 0.717) is 20.6 Å². The summed E-state index contributed by atoms with van der Waals surface area (Å²) in [5.74, 6) is -0.0997. The molecule has 0 heterocycles. The standard InChI is InChI=1S/C15H9Cl3OS/c16-11-6-4-10(5-7-11)14(19)8-9-20-15-12(17)2-1-3-13(15)18/h1-9H/b9-8+. The fourth-order valence-corrected chi connectivity index (χ4v) is 2.95. The SMILES string of the molecule is O=C(/C=C/Sc1c(Cl)cccc1Cl)c1ccc(Cl)cc1. The van der Waals surface area contributed by atoms with Crippen molar-refractivity contribution < 1.29 is 4.79 Å². The number of allylic oxidation sites excluding steroid dienone is 1. The molecule has 2 aromatic carbocycles. The van der Waals surface area contributed by atoms with Gasteiger partial charge in [0.1, 0.15) is 0 Å². The third-order valence-corrected chi connectivity index (χ3v) is 4.51. The fraction of sp³-hybridized carbons (Fsp3) is 0. The van der Waals surface area contributed by atoms with Gasteiger partial charge in [-0.05, 0) is 47.9 Å². The summed E-state index contributed by atoms with van der Waals surface area (Å²) in [5.41, 5.74) is 0.580. The van der Waals surface area contributed by atoms with Crippen molar-refractivity contribution in [1.29, 1.82) is 0 Å². The first kappa shape index (κ1) is 15.5. The summed E-state index contributed by atoms with van der Waals surface area (Å²) in [6, 6.07) is 12.0. The molecule has 2 aromatic rings. The summed E-state index contributed by atoms with van der Waals surface area (Å²) in [4.78, 5) is 12.6. The summed E-state index contributed by atoms with van der Waals surface area (Å²) in [5, 5.41) is 3.39. The third-order valence-electron chi connectivity index (χ3n) is 2.45. The smallest absolute Gasteiger partial charge is 0.186 e. The second-order valence-corrected chi connectivity index (χ2v) is 6.01. The van der Waals surface area contributed by atoms with Gasteiger partial charge in [-0.2, -0.15) is 0 Å². The zero-order valence-electron chi connectivity index (χ0n) is 10.1. The van der Waals surface area contributed by atoms with E-state index in [2.05, 4.69) is 0 Å². The van der Waals surface area contributed by atoms with Gasteiger partial charge in [0.2, 0.25) is 0 Å². The Hall–Kier alpha value is -0.930. The molecular weight excluding hydrogens is 335 g/mol. The average molecular weight is 344 g/mol. The van der Waals surface area contributed by atoms with Gasteiger partial charge in [-0.1, -0.05) is 52.6 Å². The van der Waals surface area contributed by atoms with E-state index < -0.39 is 0 Å². The first-order valence-electron chi connectivity index (χ1n) is 5.65. The van der Waals surface area contributed by atoms with Crippen molar-refractivity contribution >= 4 is 52.3 Å². The van der Waals surface area contributed by atoms with Gasteiger partial charge in [-0.3, -0.25) is 4.79 Å². The Morgan fingerprint density at radius 1 is 0.950 bits per heavy atom. The highest BCUT2D eigenvalue weighted by Gasteiger charge is 2.05. The molecule has 0 aliphatic rings. The van der Waals surface area contributed by atoms with Crippen molar-refractivity contribution in [1.82, 2.24) is 0 Å². The molecule has 0 saturated carbocycles. The van der Waals surface area contributed by atoms with Crippen molar-refractivity contribution in [3.8, 4) is 0 Å². The molecule has 0 aliphatic carbocycles. The lowest BCUT2D eigenvalue weighted by atomic mass is 10.1. The van der Waals surface area contributed by atoms with Crippen LogP contribution in [0, 0.1) is 0 Å². The van der Waals surface area contributed by atoms with Crippen LogP contribution in [0.5, 0.6) is 0 Å². The minimum atomic E-state index is -0.0997. The molecule has 2 rings (SSSR count).